The minimum Gasteiger partial charge on any atom is -0.379 e. The summed E-state index contributed by atoms with van der Waals surface area (Å²) in [7, 11) is 0. The first-order valence-corrected chi connectivity index (χ1v) is 13.5. The number of imidazole rings is 1. The van der Waals surface area contributed by atoms with Gasteiger partial charge in [-0.05, 0) is 50.5 Å². The van der Waals surface area contributed by atoms with Crippen LogP contribution in [0.3, 0.4) is 0 Å². The number of fused-ring (bicyclic) bond motifs is 3. The first-order valence-electron chi connectivity index (χ1n) is 13.5. The molecule has 9 nitrogen and oxygen atoms in total. The van der Waals surface area contributed by atoms with E-state index in [1.54, 1.807) is 0 Å². The SMILES string of the molecule is N#CC[C@H]1CC[C@H](n2c(CC(=O)N3CCC(N4CCOCC4)CC3)nc3cnc4[nH]ccc4c32)CC1. The molecular weight excluding hydrogens is 454 g/mol. The average molecular weight is 490 g/mol. The van der Waals surface area contributed by atoms with Crippen molar-refractivity contribution < 1.29 is 9.53 Å². The van der Waals surface area contributed by atoms with E-state index < -0.39 is 0 Å². The predicted octanol–water partition coefficient (Wildman–Crippen LogP) is 3.42. The lowest BCUT2D eigenvalue weighted by Crippen LogP contribution is -2.50. The fourth-order valence-corrected chi connectivity index (χ4v) is 6.56. The minimum atomic E-state index is 0.170. The van der Waals surface area contributed by atoms with Crippen molar-refractivity contribution in [3.63, 3.8) is 0 Å². The molecule has 1 N–H and O–H groups in total. The molecule has 5 heterocycles. The number of likely N-dealkylation sites (tertiary alicyclic amines) is 1. The van der Waals surface area contributed by atoms with E-state index >= 15 is 0 Å². The number of H-pyrrole nitrogens is 1. The zero-order valence-corrected chi connectivity index (χ0v) is 20.9. The Bertz CT molecular complexity index is 1250. The third kappa shape index (κ3) is 4.48. The Kier molecular flexibility index (Phi) is 6.63. The first-order chi connectivity index (χ1) is 17.7. The second-order valence-corrected chi connectivity index (χ2v) is 10.6. The fraction of sp³-hybridized carbons (Fsp3) is 0.630. The summed E-state index contributed by atoms with van der Waals surface area (Å²) in [5.74, 6) is 1.50. The number of hydrogen-bond donors (Lipinski definition) is 1. The van der Waals surface area contributed by atoms with Crippen LogP contribution >= 0.6 is 0 Å². The third-order valence-corrected chi connectivity index (χ3v) is 8.56. The van der Waals surface area contributed by atoms with Crippen LogP contribution in [-0.2, 0) is 16.0 Å². The molecule has 9 heteroatoms. The molecule has 0 unspecified atom stereocenters. The Hall–Kier alpha value is -2.96. The second-order valence-electron chi connectivity index (χ2n) is 10.6. The normalized spacial score (nSPS) is 24.4. The number of hydrogen-bond acceptors (Lipinski definition) is 6. The summed E-state index contributed by atoms with van der Waals surface area (Å²) in [5.41, 5.74) is 2.79. The summed E-state index contributed by atoms with van der Waals surface area (Å²) in [6.07, 6.45) is 10.9. The average Bonchev–Trinajstić information content (AvgIpc) is 3.54. The van der Waals surface area contributed by atoms with Crippen LogP contribution in [0.15, 0.2) is 18.5 Å². The van der Waals surface area contributed by atoms with Crippen LogP contribution in [0.4, 0.5) is 0 Å². The Balaban J connectivity index is 1.22. The molecule has 2 saturated heterocycles. The van der Waals surface area contributed by atoms with Crippen LogP contribution < -0.4 is 0 Å². The van der Waals surface area contributed by atoms with E-state index in [-0.39, 0.29) is 5.91 Å². The van der Waals surface area contributed by atoms with Gasteiger partial charge in [-0.25, -0.2) is 9.97 Å². The number of morpholine rings is 1. The molecule has 36 heavy (non-hydrogen) atoms. The van der Waals surface area contributed by atoms with Crippen LogP contribution in [0.1, 0.15) is 56.8 Å². The molecular formula is C27H35N7O2. The van der Waals surface area contributed by atoms with Crippen molar-refractivity contribution in [2.45, 2.75) is 63.5 Å². The van der Waals surface area contributed by atoms with E-state index in [1.807, 2.05) is 17.3 Å². The first kappa shape index (κ1) is 23.4. The van der Waals surface area contributed by atoms with Crippen LogP contribution in [-0.4, -0.2) is 80.7 Å². The summed E-state index contributed by atoms with van der Waals surface area (Å²) in [6.45, 7) is 5.25. The summed E-state index contributed by atoms with van der Waals surface area (Å²) in [4.78, 5) is 30.8. The maximum absolute atomic E-state index is 13.5. The monoisotopic (exact) mass is 489 g/mol. The van der Waals surface area contributed by atoms with Gasteiger partial charge in [0.15, 0.2) is 0 Å². The zero-order valence-electron chi connectivity index (χ0n) is 20.9. The molecule has 190 valence electrons. The van der Waals surface area contributed by atoms with E-state index in [2.05, 4.69) is 31.6 Å². The van der Waals surface area contributed by atoms with Crippen molar-refractivity contribution in [2.75, 3.05) is 39.4 Å². The molecule has 3 fully saturated rings. The number of rotatable bonds is 5. The molecule has 0 aromatic carbocycles. The molecule has 2 aliphatic heterocycles. The number of nitrogens with one attached hydrogen (secondary N) is 1. The molecule has 1 saturated carbocycles. The lowest BCUT2D eigenvalue weighted by Gasteiger charge is -2.40. The van der Waals surface area contributed by atoms with E-state index in [9.17, 15) is 4.79 Å². The lowest BCUT2D eigenvalue weighted by atomic mass is 9.84. The molecule has 0 spiro atoms. The standard InChI is InChI=1S/C27H35N7O2/c28-9-5-19-1-3-21(4-2-19)34-24(31-23-18-30-27-22(26(23)34)6-10-29-27)17-25(35)33-11-7-20(8-12-33)32-13-15-36-16-14-32/h6,10,18-21H,1-5,7-8,11-17H2,(H,29,30)/t19-,21-. The van der Waals surface area contributed by atoms with Crippen molar-refractivity contribution >= 4 is 28.0 Å². The highest BCUT2D eigenvalue weighted by atomic mass is 16.5. The number of carbonyl (C=O) groups excluding carboxylic acids is 1. The highest BCUT2D eigenvalue weighted by Gasteiger charge is 2.31. The van der Waals surface area contributed by atoms with E-state index in [0.29, 0.717) is 30.8 Å². The Morgan fingerprint density at radius 3 is 2.61 bits per heavy atom. The molecule has 0 atom stereocenters. The molecule has 3 aromatic heterocycles. The van der Waals surface area contributed by atoms with Gasteiger partial charge in [0.2, 0.25) is 5.91 Å². The molecule has 6 rings (SSSR count). The highest BCUT2D eigenvalue weighted by Crippen LogP contribution is 2.38. The maximum Gasteiger partial charge on any atom is 0.230 e. The number of ether oxygens (including phenoxy) is 1. The van der Waals surface area contributed by atoms with E-state index in [0.717, 1.165) is 106 Å². The second kappa shape index (κ2) is 10.2. The van der Waals surface area contributed by atoms with Gasteiger partial charge in [-0.2, -0.15) is 5.26 Å². The highest BCUT2D eigenvalue weighted by molar-refractivity contribution is 6.01. The Morgan fingerprint density at radius 2 is 1.86 bits per heavy atom. The Morgan fingerprint density at radius 1 is 1.08 bits per heavy atom. The maximum atomic E-state index is 13.5. The Labute approximate surface area is 211 Å². The molecule has 1 aliphatic carbocycles. The van der Waals surface area contributed by atoms with Gasteiger partial charge in [-0.1, -0.05) is 0 Å². The predicted molar refractivity (Wildman–Crippen MR) is 136 cm³/mol. The molecule has 0 radical (unpaired) electrons. The van der Waals surface area contributed by atoms with Crippen LogP contribution in [0.5, 0.6) is 0 Å². The van der Waals surface area contributed by atoms with Gasteiger partial charge in [-0.3, -0.25) is 9.69 Å². The van der Waals surface area contributed by atoms with Gasteiger partial charge >= 0.3 is 0 Å². The number of pyridine rings is 1. The smallest absolute Gasteiger partial charge is 0.230 e. The van der Waals surface area contributed by atoms with Crippen LogP contribution in [0.2, 0.25) is 0 Å². The summed E-state index contributed by atoms with van der Waals surface area (Å²) >= 11 is 0. The number of carbonyl (C=O) groups is 1. The van der Waals surface area contributed by atoms with Gasteiger partial charge in [0.05, 0.1) is 37.4 Å². The number of amides is 1. The lowest BCUT2D eigenvalue weighted by molar-refractivity contribution is -0.132. The topological polar surface area (TPSA) is 103 Å². The fourth-order valence-electron chi connectivity index (χ4n) is 6.56. The number of nitrogens with zero attached hydrogens (tertiary/aromatic N) is 6. The van der Waals surface area contributed by atoms with Crippen LogP contribution in [0, 0.1) is 17.2 Å². The number of nitriles is 1. The van der Waals surface area contributed by atoms with Gasteiger partial charge in [0.1, 0.15) is 17.0 Å². The molecule has 3 aromatic rings. The molecule has 3 aliphatic rings. The van der Waals surface area contributed by atoms with Crippen molar-refractivity contribution in [2.24, 2.45) is 5.92 Å². The molecule has 0 bridgehead atoms. The minimum absolute atomic E-state index is 0.170. The van der Waals surface area contributed by atoms with E-state index in [1.165, 1.54) is 0 Å². The van der Waals surface area contributed by atoms with E-state index in [4.69, 9.17) is 15.0 Å². The third-order valence-electron chi connectivity index (χ3n) is 8.56. The van der Waals surface area contributed by atoms with Crippen molar-refractivity contribution in [1.29, 1.82) is 5.26 Å². The molecule has 1 amide bonds. The number of aromatic nitrogens is 4. The van der Waals surface area contributed by atoms with Crippen molar-refractivity contribution in [3.05, 3.63) is 24.3 Å². The van der Waals surface area contributed by atoms with Gasteiger partial charge < -0.3 is 19.2 Å². The zero-order chi connectivity index (χ0) is 24.5. The largest absolute Gasteiger partial charge is 0.379 e. The number of piperidine rings is 1. The van der Waals surface area contributed by atoms with Gasteiger partial charge in [-0.15, -0.1) is 0 Å². The van der Waals surface area contributed by atoms with Crippen molar-refractivity contribution in [1.82, 2.24) is 29.3 Å². The summed E-state index contributed by atoms with van der Waals surface area (Å²) in [5, 5.41) is 10.2. The number of aromatic amines is 1. The van der Waals surface area contributed by atoms with Crippen molar-refractivity contribution in [3.8, 4) is 6.07 Å². The summed E-state index contributed by atoms with van der Waals surface area (Å²) in [6, 6.07) is 5.25. The quantitative estimate of drug-likeness (QED) is 0.589. The van der Waals surface area contributed by atoms with Gasteiger partial charge in [0, 0.05) is 56.3 Å². The van der Waals surface area contributed by atoms with Crippen LogP contribution in [0.25, 0.3) is 22.1 Å². The van der Waals surface area contributed by atoms with Gasteiger partial charge in [0.25, 0.3) is 0 Å². The summed E-state index contributed by atoms with van der Waals surface area (Å²) < 4.78 is 7.85.